The molecule has 2 heterocycles. The van der Waals surface area contributed by atoms with Crippen molar-refractivity contribution in [2.24, 2.45) is 5.92 Å². The number of hydrogen-bond donors (Lipinski definition) is 1. The maximum absolute atomic E-state index is 4.25. The third-order valence-corrected chi connectivity index (χ3v) is 3.36. The molecule has 0 aromatic carbocycles. The lowest BCUT2D eigenvalue weighted by Gasteiger charge is -2.32. The second-order valence-electron chi connectivity index (χ2n) is 3.74. The first kappa shape index (κ1) is 9.86. The topological polar surface area (TPSA) is 41.0 Å². The maximum Gasteiger partial charge on any atom is 0.204 e. The molecule has 14 heavy (non-hydrogen) atoms. The lowest BCUT2D eigenvalue weighted by atomic mass is 9.98. The van der Waals surface area contributed by atoms with Crippen molar-refractivity contribution in [3.8, 4) is 0 Å². The van der Waals surface area contributed by atoms with Crippen molar-refractivity contribution >= 4 is 16.7 Å². The van der Waals surface area contributed by atoms with Gasteiger partial charge in [0.1, 0.15) is 6.33 Å². The van der Waals surface area contributed by atoms with Crippen LogP contribution in [0.2, 0.25) is 0 Å². The molecule has 1 aromatic rings. The molecule has 1 atom stereocenters. The van der Waals surface area contributed by atoms with Gasteiger partial charge in [0.05, 0.1) is 0 Å². The molecule has 78 valence electrons. The van der Waals surface area contributed by atoms with Crippen molar-refractivity contribution in [2.45, 2.75) is 12.8 Å². The summed E-state index contributed by atoms with van der Waals surface area (Å²) in [6.07, 6.45) is 4.24. The van der Waals surface area contributed by atoms with E-state index in [0.29, 0.717) is 0 Å². The highest BCUT2D eigenvalue weighted by molar-refractivity contribution is 7.09. The Kier molecular flexibility index (Phi) is 3.31. The molecule has 2 rings (SSSR count). The number of anilines is 1. The van der Waals surface area contributed by atoms with Gasteiger partial charge in [0, 0.05) is 24.6 Å². The Balaban J connectivity index is 1.94. The van der Waals surface area contributed by atoms with Gasteiger partial charge in [-0.05, 0) is 32.4 Å². The van der Waals surface area contributed by atoms with Gasteiger partial charge < -0.3 is 10.2 Å². The number of nitrogens with one attached hydrogen (secondary N) is 1. The maximum atomic E-state index is 4.25. The van der Waals surface area contributed by atoms with Gasteiger partial charge in [-0.3, -0.25) is 0 Å². The van der Waals surface area contributed by atoms with E-state index in [1.807, 2.05) is 7.05 Å². The van der Waals surface area contributed by atoms with Crippen LogP contribution in [0.4, 0.5) is 5.13 Å². The van der Waals surface area contributed by atoms with E-state index in [0.717, 1.165) is 30.7 Å². The molecular weight excluding hydrogens is 196 g/mol. The van der Waals surface area contributed by atoms with Crippen molar-refractivity contribution in [3.05, 3.63) is 6.33 Å². The number of nitrogens with zero attached hydrogens (tertiary/aromatic N) is 3. The van der Waals surface area contributed by atoms with E-state index in [-0.39, 0.29) is 0 Å². The number of rotatable bonds is 3. The molecular formula is C9H16N4S. The Morgan fingerprint density at radius 2 is 2.64 bits per heavy atom. The predicted molar refractivity (Wildman–Crippen MR) is 58.8 cm³/mol. The summed E-state index contributed by atoms with van der Waals surface area (Å²) >= 11 is 1.49. The molecule has 0 aliphatic carbocycles. The van der Waals surface area contributed by atoms with Gasteiger partial charge in [-0.25, -0.2) is 4.98 Å². The molecule has 1 aromatic heterocycles. The third kappa shape index (κ3) is 2.22. The fourth-order valence-corrected chi connectivity index (χ4v) is 2.56. The van der Waals surface area contributed by atoms with E-state index < -0.39 is 0 Å². The fraction of sp³-hybridized carbons (Fsp3) is 0.778. The highest BCUT2D eigenvalue weighted by Gasteiger charge is 2.20. The minimum Gasteiger partial charge on any atom is -0.347 e. The molecule has 0 spiro atoms. The van der Waals surface area contributed by atoms with Crippen LogP contribution in [0.3, 0.4) is 0 Å². The molecule has 1 N–H and O–H groups in total. The highest BCUT2D eigenvalue weighted by Crippen LogP contribution is 2.22. The summed E-state index contributed by atoms with van der Waals surface area (Å²) in [6.45, 7) is 3.36. The van der Waals surface area contributed by atoms with Crippen LogP contribution in [0.15, 0.2) is 6.33 Å². The first-order valence-electron chi connectivity index (χ1n) is 5.06. The van der Waals surface area contributed by atoms with Crippen molar-refractivity contribution < 1.29 is 0 Å². The minimum absolute atomic E-state index is 0.762. The quantitative estimate of drug-likeness (QED) is 0.810. The van der Waals surface area contributed by atoms with Crippen LogP contribution in [0.5, 0.6) is 0 Å². The fourth-order valence-electron chi connectivity index (χ4n) is 2.00. The molecule has 1 saturated heterocycles. The molecule has 1 fully saturated rings. The highest BCUT2D eigenvalue weighted by atomic mass is 32.1. The zero-order valence-corrected chi connectivity index (χ0v) is 9.26. The van der Waals surface area contributed by atoms with Crippen molar-refractivity contribution in [3.63, 3.8) is 0 Å². The molecule has 4 nitrogen and oxygen atoms in total. The molecule has 1 aliphatic heterocycles. The molecule has 1 aliphatic rings. The monoisotopic (exact) mass is 212 g/mol. The minimum atomic E-state index is 0.762. The second kappa shape index (κ2) is 4.70. The van der Waals surface area contributed by atoms with Gasteiger partial charge in [0.2, 0.25) is 5.13 Å². The Hall–Kier alpha value is -0.680. The van der Waals surface area contributed by atoms with Crippen LogP contribution in [0.25, 0.3) is 0 Å². The van der Waals surface area contributed by atoms with Crippen LogP contribution in [0, 0.1) is 5.92 Å². The van der Waals surface area contributed by atoms with Gasteiger partial charge >= 0.3 is 0 Å². The lowest BCUT2D eigenvalue weighted by Crippen LogP contribution is -2.38. The van der Waals surface area contributed by atoms with E-state index in [4.69, 9.17) is 0 Å². The van der Waals surface area contributed by atoms with E-state index >= 15 is 0 Å². The zero-order valence-electron chi connectivity index (χ0n) is 8.44. The van der Waals surface area contributed by atoms with Gasteiger partial charge in [-0.1, -0.05) is 0 Å². The van der Waals surface area contributed by atoms with E-state index in [1.54, 1.807) is 6.33 Å². The zero-order chi connectivity index (χ0) is 9.80. The van der Waals surface area contributed by atoms with Crippen LogP contribution in [-0.4, -0.2) is 36.0 Å². The van der Waals surface area contributed by atoms with Gasteiger partial charge in [-0.15, -0.1) is 0 Å². The van der Waals surface area contributed by atoms with Crippen LogP contribution in [-0.2, 0) is 0 Å². The Bertz CT molecular complexity index is 260. The van der Waals surface area contributed by atoms with E-state index in [1.165, 1.54) is 24.4 Å². The lowest BCUT2D eigenvalue weighted by molar-refractivity contribution is 0.402. The Labute approximate surface area is 88.5 Å². The smallest absolute Gasteiger partial charge is 0.204 e. The van der Waals surface area contributed by atoms with Crippen LogP contribution >= 0.6 is 11.5 Å². The van der Waals surface area contributed by atoms with Gasteiger partial charge in [-0.2, -0.15) is 4.37 Å². The van der Waals surface area contributed by atoms with Gasteiger partial charge in [0.25, 0.3) is 0 Å². The van der Waals surface area contributed by atoms with Crippen molar-refractivity contribution in [1.29, 1.82) is 0 Å². The summed E-state index contributed by atoms with van der Waals surface area (Å²) in [6, 6.07) is 0. The molecule has 0 radical (unpaired) electrons. The molecule has 0 bridgehead atoms. The first-order valence-corrected chi connectivity index (χ1v) is 5.83. The summed E-state index contributed by atoms with van der Waals surface area (Å²) in [5.74, 6) is 0.762. The number of aromatic nitrogens is 2. The largest absolute Gasteiger partial charge is 0.347 e. The van der Waals surface area contributed by atoms with E-state index in [9.17, 15) is 0 Å². The van der Waals surface area contributed by atoms with Crippen LogP contribution in [0.1, 0.15) is 12.8 Å². The second-order valence-corrected chi connectivity index (χ2v) is 4.49. The van der Waals surface area contributed by atoms with Crippen molar-refractivity contribution in [2.75, 3.05) is 31.6 Å². The average molecular weight is 212 g/mol. The Morgan fingerprint density at radius 1 is 1.71 bits per heavy atom. The summed E-state index contributed by atoms with van der Waals surface area (Å²) < 4.78 is 4.04. The summed E-state index contributed by atoms with van der Waals surface area (Å²) in [5.41, 5.74) is 0. The summed E-state index contributed by atoms with van der Waals surface area (Å²) in [5, 5.41) is 4.32. The molecule has 1 unspecified atom stereocenters. The Morgan fingerprint density at radius 3 is 3.36 bits per heavy atom. The van der Waals surface area contributed by atoms with E-state index in [2.05, 4.69) is 19.6 Å². The SMILES string of the molecule is CNCC1CCCN(c2ncns2)C1. The average Bonchev–Trinajstić information content (AvgIpc) is 2.71. The van der Waals surface area contributed by atoms with Gasteiger partial charge in [0.15, 0.2) is 0 Å². The summed E-state index contributed by atoms with van der Waals surface area (Å²) in [4.78, 5) is 6.60. The molecule has 5 heteroatoms. The summed E-state index contributed by atoms with van der Waals surface area (Å²) in [7, 11) is 2.02. The number of hydrogen-bond acceptors (Lipinski definition) is 5. The first-order chi connectivity index (χ1) is 6.90. The van der Waals surface area contributed by atoms with Crippen molar-refractivity contribution in [1.82, 2.24) is 14.7 Å². The normalized spacial score (nSPS) is 22.6. The standard InChI is InChI=1S/C9H16N4S/c1-10-5-8-3-2-4-13(6-8)9-11-7-12-14-9/h7-8,10H,2-6H2,1H3. The molecule has 0 saturated carbocycles. The van der Waals surface area contributed by atoms with Crippen LogP contribution < -0.4 is 10.2 Å². The third-order valence-electron chi connectivity index (χ3n) is 2.63. The predicted octanol–water partition coefficient (Wildman–Crippen LogP) is 0.974. The molecule has 0 amide bonds. The number of piperidine rings is 1.